The molecule has 25 heavy (non-hydrogen) atoms. The van der Waals surface area contributed by atoms with Crippen molar-refractivity contribution in [3.63, 3.8) is 0 Å². The van der Waals surface area contributed by atoms with Gasteiger partial charge >= 0.3 is 0 Å². The Kier molecular flexibility index (Phi) is 3.84. The predicted molar refractivity (Wildman–Crippen MR) is 94.8 cm³/mol. The lowest BCUT2D eigenvalue weighted by atomic mass is 10.2. The highest BCUT2D eigenvalue weighted by molar-refractivity contribution is 5.85. The van der Waals surface area contributed by atoms with Gasteiger partial charge in [0.2, 0.25) is 5.89 Å². The van der Waals surface area contributed by atoms with Crippen LogP contribution in [0.25, 0.3) is 22.5 Å². The molecule has 0 spiro atoms. The van der Waals surface area contributed by atoms with Crippen LogP contribution in [-0.2, 0) is 6.54 Å². The topological polar surface area (TPSA) is 43.9 Å². The molecule has 0 aliphatic heterocycles. The number of fused-ring (bicyclic) bond motifs is 1. The van der Waals surface area contributed by atoms with Gasteiger partial charge in [-0.15, -0.1) is 10.2 Å². The van der Waals surface area contributed by atoms with Crippen LogP contribution in [0.15, 0.2) is 59.0 Å². The van der Waals surface area contributed by atoms with Crippen LogP contribution in [0.5, 0.6) is 0 Å². The third-order valence-electron chi connectivity index (χ3n) is 4.19. The summed E-state index contributed by atoms with van der Waals surface area (Å²) in [6, 6.07) is 16.7. The Hall–Kier alpha value is -2.95. The van der Waals surface area contributed by atoms with Crippen molar-refractivity contribution in [3.05, 3.63) is 71.9 Å². The zero-order chi connectivity index (χ0) is 17.4. The van der Waals surface area contributed by atoms with Crippen LogP contribution >= 0.6 is 0 Å². The number of benzene rings is 2. The molecular formula is C20H18FN3O. The summed E-state index contributed by atoms with van der Waals surface area (Å²) >= 11 is 0. The number of hydrogen-bond donors (Lipinski definition) is 0. The van der Waals surface area contributed by atoms with E-state index in [0.717, 1.165) is 22.2 Å². The van der Waals surface area contributed by atoms with E-state index in [9.17, 15) is 4.39 Å². The van der Waals surface area contributed by atoms with Gasteiger partial charge in [0.15, 0.2) is 0 Å². The molecule has 0 atom stereocenters. The van der Waals surface area contributed by atoms with Crippen LogP contribution in [0.2, 0.25) is 0 Å². The van der Waals surface area contributed by atoms with Crippen molar-refractivity contribution < 1.29 is 8.81 Å². The zero-order valence-corrected chi connectivity index (χ0v) is 14.1. The van der Waals surface area contributed by atoms with Crippen molar-refractivity contribution in [3.8, 4) is 11.6 Å². The number of hydrogen-bond acceptors (Lipinski definition) is 3. The average Bonchev–Trinajstić information content (AvgIpc) is 3.20. The summed E-state index contributed by atoms with van der Waals surface area (Å²) in [6.07, 6.45) is 0. The zero-order valence-electron chi connectivity index (χ0n) is 14.1. The minimum Gasteiger partial charge on any atom is -0.419 e. The standard InChI is InChI=1S/C20H18FN3O/c1-13(2)19-22-23-20(25-19)18-11-15-7-3-4-9-17(15)24(18)12-14-6-5-8-16(21)10-14/h3-11,13H,12H2,1-2H3. The van der Waals surface area contributed by atoms with Crippen LogP contribution in [0.4, 0.5) is 4.39 Å². The van der Waals surface area contributed by atoms with Gasteiger partial charge in [0, 0.05) is 23.4 Å². The minimum absolute atomic E-state index is 0.169. The number of nitrogens with zero attached hydrogens (tertiary/aromatic N) is 3. The summed E-state index contributed by atoms with van der Waals surface area (Å²) in [5.74, 6) is 1.02. The third kappa shape index (κ3) is 2.93. The van der Waals surface area contributed by atoms with E-state index in [-0.39, 0.29) is 11.7 Å². The van der Waals surface area contributed by atoms with E-state index in [1.54, 1.807) is 12.1 Å². The first-order chi connectivity index (χ1) is 12.1. The first-order valence-corrected chi connectivity index (χ1v) is 8.28. The van der Waals surface area contributed by atoms with Crippen LogP contribution < -0.4 is 0 Å². The maximum atomic E-state index is 13.6. The fourth-order valence-corrected chi connectivity index (χ4v) is 2.95. The molecule has 4 aromatic rings. The Morgan fingerprint density at radius 2 is 1.88 bits per heavy atom. The smallest absolute Gasteiger partial charge is 0.264 e. The van der Waals surface area contributed by atoms with Crippen LogP contribution in [0.3, 0.4) is 0 Å². The van der Waals surface area contributed by atoms with E-state index in [2.05, 4.69) is 14.8 Å². The maximum Gasteiger partial charge on any atom is 0.264 e. The van der Waals surface area contributed by atoms with Crippen molar-refractivity contribution in [2.24, 2.45) is 0 Å². The molecule has 0 amide bonds. The molecule has 0 N–H and O–H groups in total. The molecule has 126 valence electrons. The van der Waals surface area contributed by atoms with Gasteiger partial charge in [0.1, 0.15) is 11.5 Å². The Morgan fingerprint density at radius 1 is 1.04 bits per heavy atom. The maximum absolute atomic E-state index is 13.6. The molecule has 2 aromatic heterocycles. The Morgan fingerprint density at radius 3 is 2.64 bits per heavy atom. The molecule has 0 bridgehead atoms. The molecule has 2 heterocycles. The quantitative estimate of drug-likeness (QED) is 0.527. The van der Waals surface area contributed by atoms with Crippen LogP contribution in [-0.4, -0.2) is 14.8 Å². The predicted octanol–water partition coefficient (Wildman–Crippen LogP) is 5.00. The van der Waals surface area contributed by atoms with Crippen LogP contribution in [0.1, 0.15) is 31.2 Å². The second-order valence-electron chi connectivity index (χ2n) is 6.40. The van der Waals surface area contributed by atoms with Gasteiger partial charge in [-0.25, -0.2) is 4.39 Å². The molecule has 0 saturated heterocycles. The molecule has 2 aromatic carbocycles. The van der Waals surface area contributed by atoms with E-state index >= 15 is 0 Å². The lowest BCUT2D eigenvalue weighted by molar-refractivity contribution is 0.478. The average molecular weight is 335 g/mol. The molecule has 0 radical (unpaired) electrons. The summed E-state index contributed by atoms with van der Waals surface area (Å²) < 4.78 is 21.5. The van der Waals surface area contributed by atoms with Gasteiger partial charge in [-0.2, -0.15) is 0 Å². The number of para-hydroxylation sites is 1. The molecule has 4 nitrogen and oxygen atoms in total. The monoisotopic (exact) mass is 335 g/mol. The third-order valence-corrected chi connectivity index (χ3v) is 4.19. The van der Waals surface area contributed by atoms with Crippen molar-refractivity contribution in [1.82, 2.24) is 14.8 Å². The van der Waals surface area contributed by atoms with Crippen molar-refractivity contribution in [1.29, 1.82) is 0 Å². The molecule has 0 aliphatic carbocycles. The largest absolute Gasteiger partial charge is 0.419 e. The Bertz CT molecular complexity index is 1030. The molecule has 0 unspecified atom stereocenters. The number of aromatic nitrogens is 3. The van der Waals surface area contributed by atoms with Crippen LogP contribution in [0, 0.1) is 5.82 Å². The first kappa shape index (κ1) is 15.6. The van der Waals surface area contributed by atoms with Crippen molar-refractivity contribution >= 4 is 10.9 Å². The van der Waals surface area contributed by atoms with E-state index in [1.807, 2.05) is 50.2 Å². The molecular weight excluding hydrogens is 317 g/mol. The van der Waals surface area contributed by atoms with Gasteiger partial charge in [-0.1, -0.05) is 44.2 Å². The summed E-state index contributed by atoms with van der Waals surface area (Å²) in [6.45, 7) is 4.55. The van der Waals surface area contributed by atoms with Gasteiger partial charge < -0.3 is 8.98 Å². The highest BCUT2D eigenvalue weighted by Gasteiger charge is 2.17. The first-order valence-electron chi connectivity index (χ1n) is 8.28. The molecule has 5 heteroatoms. The fourth-order valence-electron chi connectivity index (χ4n) is 2.95. The normalized spacial score (nSPS) is 11.5. The Balaban J connectivity index is 1.85. The lowest BCUT2D eigenvalue weighted by Gasteiger charge is -2.09. The lowest BCUT2D eigenvalue weighted by Crippen LogP contribution is -2.02. The van der Waals surface area contributed by atoms with Gasteiger partial charge in [0.05, 0.1) is 0 Å². The summed E-state index contributed by atoms with van der Waals surface area (Å²) in [5.41, 5.74) is 2.77. The Labute approximate surface area is 144 Å². The van der Waals surface area contributed by atoms with E-state index in [1.165, 1.54) is 6.07 Å². The van der Waals surface area contributed by atoms with Gasteiger partial charge in [0.25, 0.3) is 5.89 Å². The highest BCUT2D eigenvalue weighted by Crippen LogP contribution is 2.29. The molecule has 0 aliphatic rings. The molecule has 4 rings (SSSR count). The molecule has 0 fully saturated rings. The van der Waals surface area contributed by atoms with Gasteiger partial charge in [-0.3, -0.25) is 0 Å². The van der Waals surface area contributed by atoms with Crippen molar-refractivity contribution in [2.75, 3.05) is 0 Å². The second-order valence-corrected chi connectivity index (χ2v) is 6.40. The second kappa shape index (κ2) is 6.16. The summed E-state index contributed by atoms with van der Waals surface area (Å²) in [4.78, 5) is 0. The number of halogens is 1. The summed E-state index contributed by atoms with van der Waals surface area (Å²) in [7, 11) is 0. The van der Waals surface area contributed by atoms with Gasteiger partial charge in [-0.05, 0) is 29.8 Å². The fraction of sp³-hybridized carbons (Fsp3) is 0.200. The minimum atomic E-state index is -0.240. The molecule has 0 saturated carbocycles. The van der Waals surface area contributed by atoms with Crippen molar-refractivity contribution in [2.45, 2.75) is 26.3 Å². The number of rotatable bonds is 4. The van der Waals surface area contributed by atoms with E-state index < -0.39 is 0 Å². The highest BCUT2D eigenvalue weighted by atomic mass is 19.1. The van der Waals surface area contributed by atoms with E-state index in [0.29, 0.717) is 18.3 Å². The van der Waals surface area contributed by atoms with E-state index in [4.69, 9.17) is 4.42 Å². The summed E-state index contributed by atoms with van der Waals surface area (Å²) in [5, 5.41) is 9.43. The SMILES string of the molecule is CC(C)c1nnc(-c2cc3ccccc3n2Cc2cccc(F)c2)o1.